The Morgan fingerprint density at radius 1 is 0.278 bits per heavy atom. The number of anilines is 8. The van der Waals surface area contributed by atoms with Gasteiger partial charge < -0.3 is 19.2 Å². The molecule has 258 valence electrons. The minimum absolute atomic E-state index is 0.0498. The topological polar surface area (TPSA) is 13.0 Å². The van der Waals surface area contributed by atoms with Crippen LogP contribution in [0.15, 0.2) is 216 Å². The van der Waals surface area contributed by atoms with Gasteiger partial charge in [-0.25, -0.2) is 0 Å². The van der Waals surface area contributed by atoms with Gasteiger partial charge in [-0.15, -0.1) is 0 Å². The normalized spacial score (nSPS) is 16.4. The first-order valence-corrected chi connectivity index (χ1v) is 19.2. The Balaban J connectivity index is 1.01. The van der Waals surface area contributed by atoms with Crippen molar-refractivity contribution in [1.29, 1.82) is 0 Å². The van der Waals surface area contributed by atoms with E-state index < -0.39 is 0 Å². The van der Waals surface area contributed by atoms with E-state index in [-0.39, 0.29) is 14.0 Å². The van der Waals surface area contributed by atoms with Gasteiger partial charge in [0, 0.05) is 22.7 Å². The lowest BCUT2D eigenvalue weighted by Crippen LogP contribution is -2.46. The maximum Gasteiger partial charge on any atom is 0.416 e. The van der Waals surface area contributed by atoms with E-state index in [1.165, 1.54) is 67.6 Å². The quantitative estimate of drug-likeness (QED) is 0.154. The Morgan fingerprint density at radius 3 is 0.778 bits per heavy atom. The van der Waals surface area contributed by atoms with Crippen molar-refractivity contribution in [2.24, 2.45) is 0 Å². The molecule has 6 heteroatoms. The summed E-state index contributed by atoms with van der Waals surface area (Å²) in [4.78, 5) is 10.1. The lowest BCUT2D eigenvalue weighted by molar-refractivity contribution is 0.878. The highest BCUT2D eigenvalue weighted by atomic mass is 15.3. The SMILES string of the molecule is C1=C(B2N(c3ccccc3)c3ccccc3N2c2ccccc2)CCC(C2=CC=C(B3N(c4ccccc4)c4ccccc4N3c3ccccc3)CC2)=C1. The molecule has 0 atom stereocenters. The van der Waals surface area contributed by atoms with E-state index in [0.29, 0.717) is 0 Å². The zero-order valence-electron chi connectivity index (χ0n) is 30.2. The molecule has 0 bridgehead atoms. The molecule has 4 nitrogen and oxygen atoms in total. The van der Waals surface area contributed by atoms with Gasteiger partial charge in [0.05, 0.1) is 22.7 Å². The largest absolute Gasteiger partial charge is 0.416 e. The number of fused-ring (bicyclic) bond motifs is 2. The summed E-state index contributed by atoms with van der Waals surface area (Å²) in [7, 11) is 0. The lowest BCUT2D eigenvalue weighted by Gasteiger charge is -2.34. The standard InChI is InChI=1S/C48H40B2N4/c1-5-17-41(18-6-1)51-45-25-13-14-26-46(45)52(42-19-7-2-8-20-42)49(51)39-33-29-37(30-34-39)38-31-35-40(36-32-38)50-53(43-21-9-3-10-22-43)47-27-15-16-28-48(47)54(50)44-23-11-4-12-24-44/h1-29,31,33,35H,30,32,34,36H2. The number of nitrogens with zero attached hydrogens (tertiary/aromatic N) is 4. The van der Waals surface area contributed by atoms with Crippen molar-refractivity contribution in [2.45, 2.75) is 25.7 Å². The molecule has 0 spiro atoms. The molecule has 0 saturated heterocycles. The van der Waals surface area contributed by atoms with Gasteiger partial charge in [0.25, 0.3) is 0 Å². The van der Waals surface area contributed by atoms with Crippen LogP contribution in [0.25, 0.3) is 0 Å². The smallest absolute Gasteiger partial charge is 0.360 e. The third kappa shape index (κ3) is 5.57. The summed E-state index contributed by atoms with van der Waals surface area (Å²) in [5, 5.41) is 0. The van der Waals surface area contributed by atoms with E-state index in [1.807, 2.05) is 0 Å². The van der Waals surface area contributed by atoms with Crippen LogP contribution in [0.2, 0.25) is 0 Å². The van der Waals surface area contributed by atoms with Crippen molar-refractivity contribution in [3.05, 3.63) is 216 Å². The first-order valence-electron chi connectivity index (χ1n) is 19.2. The average Bonchev–Trinajstić information content (AvgIpc) is 3.79. The van der Waals surface area contributed by atoms with Gasteiger partial charge in [0.15, 0.2) is 0 Å². The molecule has 2 aliphatic heterocycles. The molecule has 0 fully saturated rings. The van der Waals surface area contributed by atoms with E-state index in [9.17, 15) is 0 Å². The number of rotatable bonds is 7. The van der Waals surface area contributed by atoms with Gasteiger partial charge in [-0.2, -0.15) is 0 Å². The van der Waals surface area contributed by atoms with Gasteiger partial charge in [-0.05, 0) is 110 Å². The van der Waals surface area contributed by atoms with Gasteiger partial charge in [-0.1, -0.05) is 132 Å². The molecule has 0 amide bonds. The number of allylic oxidation sites excluding steroid dienone is 8. The lowest BCUT2D eigenvalue weighted by atomic mass is 9.59. The van der Waals surface area contributed by atoms with Crippen molar-refractivity contribution in [3.8, 4) is 0 Å². The fourth-order valence-electron chi connectivity index (χ4n) is 8.91. The maximum absolute atomic E-state index is 2.53. The van der Waals surface area contributed by atoms with Crippen LogP contribution in [0.1, 0.15) is 25.7 Å². The fraction of sp³-hybridized carbons (Fsp3) is 0.0833. The highest BCUT2D eigenvalue weighted by Gasteiger charge is 2.46. The van der Waals surface area contributed by atoms with Crippen molar-refractivity contribution in [2.75, 3.05) is 19.2 Å². The number of benzene rings is 6. The molecule has 6 aromatic rings. The second-order valence-electron chi connectivity index (χ2n) is 14.4. The van der Waals surface area contributed by atoms with Crippen LogP contribution in [0.3, 0.4) is 0 Å². The highest BCUT2D eigenvalue weighted by molar-refractivity contribution is 6.80. The molecule has 54 heavy (non-hydrogen) atoms. The fourth-order valence-corrected chi connectivity index (χ4v) is 8.91. The average molecular weight is 695 g/mol. The molecule has 0 unspecified atom stereocenters. The summed E-state index contributed by atoms with van der Waals surface area (Å²) in [6.07, 6.45) is 13.7. The summed E-state index contributed by atoms with van der Waals surface area (Å²) in [5.74, 6) is 0. The van der Waals surface area contributed by atoms with Crippen LogP contribution in [0, 0.1) is 0 Å². The molecule has 10 rings (SSSR count). The summed E-state index contributed by atoms with van der Waals surface area (Å²) in [6, 6.07) is 61.2. The van der Waals surface area contributed by atoms with Crippen LogP contribution in [-0.2, 0) is 0 Å². The van der Waals surface area contributed by atoms with Crippen LogP contribution in [0.4, 0.5) is 45.5 Å². The third-order valence-electron chi connectivity index (χ3n) is 11.4. The predicted molar refractivity (Wildman–Crippen MR) is 230 cm³/mol. The minimum Gasteiger partial charge on any atom is -0.360 e. The van der Waals surface area contributed by atoms with Gasteiger partial charge in [0.2, 0.25) is 0 Å². The van der Waals surface area contributed by atoms with Gasteiger partial charge in [-0.3, -0.25) is 0 Å². The van der Waals surface area contributed by atoms with Crippen LogP contribution >= 0.6 is 0 Å². The highest BCUT2D eigenvalue weighted by Crippen LogP contribution is 2.51. The summed E-state index contributed by atoms with van der Waals surface area (Å²) in [6.45, 7) is 0.0996. The van der Waals surface area contributed by atoms with E-state index in [0.717, 1.165) is 25.7 Å². The molecule has 0 aromatic heterocycles. The molecule has 4 aliphatic rings. The first-order chi connectivity index (χ1) is 26.8. The van der Waals surface area contributed by atoms with Crippen LogP contribution < -0.4 is 19.2 Å². The zero-order chi connectivity index (χ0) is 35.8. The van der Waals surface area contributed by atoms with E-state index >= 15 is 0 Å². The third-order valence-corrected chi connectivity index (χ3v) is 11.4. The number of para-hydroxylation sites is 8. The molecule has 0 saturated carbocycles. The second kappa shape index (κ2) is 13.9. The molecule has 6 aromatic carbocycles. The van der Waals surface area contributed by atoms with Crippen molar-refractivity contribution < 1.29 is 0 Å². The van der Waals surface area contributed by atoms with Crippen molar-refractivity contribution in [1.82, 2.24) is 0 Å². The first kappa shape index (κ1) is 32.3. The Kier molecular flexibility index (Phi) is 8.29. The Hall–Kier alpha value is -6.39. The van der Waals surface area contributed by atoms with Gasteiger partial charge in [0.1, 0.15) is 0 Å². The van der Waals surface area contributed by atoms with Crippen LogP contribution in [0.5, 0.6) is 0 Å². The Labute approximate surface area is 319 Å². The summed E-state index contributed by atoms with van der Waals surface area (Å²) < 4.78 is 0. The van der Waals surface area contributed by atoms with Crippen molar-refractivity contribution in [3.63, 3.8) is 0 Å². The zero-order valence-corrected chi connectivity index (χ0v) is 30.2. The molecular formula is C48H40B2N4. The molecule has 2 aliphatic carbocycles. The maximum atomic E-state index is 2.53. The molecule has 2 heterocycles. The Morgan fingerprint density at radius 2 is 0.537 bits per heavy atom. The summed E-state index contributed by atoms with van der Waals surface area (Å²) in [5.41, 5.74) is 15.6. The Bertz CT molecular complexity index is 2120. The van der Waals surface area contributed by atoms with E-state index in [2.05, 4.69) is 213 Å². The molecular weight excluding hydrogens is 654 g/mol. The molecule has 0 radical (unpaired) electrons. The summed E-state index contributed by atoms with van der Waals surface area (Å²) >= 11 is 0. The monoisotopic (exact) mass is 694 g/mol. The second-order valence-corrected chi connectivity index (χ2v) is 14.4. The number of hydrogen-bond acceptors (Lipinski definition) is 4. The van der Waals surface area contributed by atoms with Crippen molar-refractivity contribution >= 4 is 59.5 Å². The van der Waals surface area contributed by atoms with E-state index in [1.54, 1.807) is 0 Å². The van der Waals surface area contributed by atoms with Crippen LogP contribution in [-0.4, -0.2) is 14.0 Å². The predicted octanol–water partition coefficient (Wildman–Crippen LogP) is 12.3. The number of hydrogen-bond donors (Lipinski definition) is 0. The van der Waals surface area contributed by atoms with Gasteiger partial charge >= 0.3 is 14.0 Å². The van der Waals surface area contributed by atoms with E-state index in [4.69, 9.17) is 0 Å². The molecule has 0 N–H and O–H groups in total. The minimum atomic E-state index is 0.0498.